The number of carbonyl (C=O) groups excluding carboxylic acids is 1. The van der Waals surface area contributed by atoms with E-state index in [0.717, 1.165) is 24.3 Å². The molecule has 0 bridgehead atoms. The van der Waals surface area contributed by atoms with Crippen molar-refractivity contribution in [2.24, 2.45) is 0 Å². The van der Waals surface area contributed by atoms with Crippen molar-refractivity contribution in [2.75, 3.05) is 0 Å². The number of rotatable bonds is 4. The molecule has 0 spiro atoms. The molecule has 5 nitrogen and oxygen atoms in total. The van der Waals surface area contributed by atoms with Crippen molar-refractivity contribution in [1.82, 2.24) is 0 Å². The zero-order chi connectivity index (χ0) is 11.0. The minimum atomic E-state index is -1.01. The number of aliphatic hydroxyl groups excluding tert-OH is 4. The zero-order valence-electron chi connectivity index (χ0n) is 7.16. The Kier molecular flexibility index (Phi) is 5.37. The lowest BCUT2D eigenvalue weighted by molar-refractivity contribution is -0.116. The quantitative estimate of drug-likeness (QED) is 0.312. The van der Waals surface area contributed by atoms with Crippen LogP contribution in [0, 0.1) is 0 Å². The molecule has 0 aliphatic rings. The van der Waals surface area contributed by atoms with Crippen LogP contribution in [0.5, 0.6) is 0 Å². The molecule has 0 amide bonds. The second-order valence-corrected chi connectivity index (χ2v) is 2.12. The largest absolute Gasteiger partial charge is 0.516 e. The Morgan fingerprint density at radius 3 is 1.50 bits per heavy atom. The third-order valence-corrected chi connectivity index (χ3v) is 1.15. The van der Waals surface area contributed by atoms with Gasteiger partial charge in [0.25, 0.3) is 5.78 Å². The van der Waals surface area contributed by atoms with Crippen molar-refractivity contribution in [2.45, 2.75) is 0 Å². The summed E-state index contributed by atoms with van der Waals surface area (Å²) in [6.45, 7) is 0. The third kappa shape index (κ3) is 4.01. The minimum absolute atomic E-state index is 0.623. The molecule has 0 aromatic rings. The van der Waals surface area contributed by atoms with E-state index in [9.17, 15) is 4.79 Å². The van der Waals surface area contributed by atoms with Gasteiger partial charge in [0.05, 0.1) is 12.5 Å². The van der Waals surface area contributed by atoms with Gasteiger partial charge in [-0.05, 0) is 24.3 Å². The average molecular weight is 198 g/mol. The maximum absolute atomic E-state index is 11.0. The Labute approximate surface area is 80.2 Å². The van der Waals surface area contributed by atoms with E-state index in [1.54, 1.807) is 0 Å². The molecule has 4 N–H and O–H groups in total. The number of ketones is 1. The molecule has 0 aliphatic heterocycles. The second kappa shape index (κ2) is 6.36. The summed E-state index contributed by atoms with van der Waals surface area (Å²) in [4.78, 5) is 11.0. The molecule has 0 heterocycles. The highest BCUT2D eigenvalue weighted by molar-refractivity contribution is 6.04. The Morgan fingerprint density at radius 2 is 1.21 bits per heavy atom. The van der Waals surface area contributed by atoms with Gasteiger partial charge in [0.15, 0.2) is 11.5 Å². The summed E-state index contributed by atoms with van der Waals surface area (Å²) in [7, 11) is 0. The summed E-state index contributed by atoms with van der Waals surface area (Å²) in [5.74, 6) is -2.47. The van der Waals surface area contributed by atoms with E-state index in [1.165, 1.54) is 0 Å². The van der Waals surface area contributed by atoms with E-state index >= 15 is 0 Å². The van der Waals surface area contributed by atoms with E-state index in [4.69, 9.17) is 20.4 Å². The van der Waals surface area contributed by atoms with Crippen LogP contribution in [0.25, 0.3) is 0 Å². The number of aliphatic hydroxyl groups is 4. The summed E-state index contributed by atoms with van der Waals surface area (Å²) in [6, 6.07) is 0. The number of allylic oxidation sites excluding steroid dienone is 4. The molecule has 0 rings (SSSR count). The molecular weight excluding hydrogens is 188 g/mol. The molecule has 0 saturated heterocycles. The lowest BCUT2D eigenvalue weighted by Gasteiger charge is -1.95. The van der Waals surface area contributed by atoms with Crippen molar-refractivity contribution in [3.63, 3.8) is 0 Å². The van der Waals surface area contributed by atoms with E-state index in [2.05, 4.69) is 0 Å². The van der Waals surface area contributed by atoms with Gasteiger partial charge >= 0.3 is 0 Å². The normalized spacial score (nSPS) is 14.0. The Bertz CT molecular complexity index is 279. The molecular formula is C9H10O5. The molecule has 0 saturated carbocycles. The van der Waals surface area contributed by atoms with E-state index < -0.39 is 17.3 Å². The van der Waals surface area contributed by atoms with Crippen molar-refractivity contribution in [1.29, 1.82) is 0 Å². The second-order valence-electron chi connectivity index (χ2n) is 2.12. The van der Waals surface area contributed by atoms with E-state index in [-0.39, 0.29) is 0 Å². The van der Waals surface area contributed by atoms with Crippen LogP contribution in [0.1, 0.15) is 0 Å². The van der Waals surface area contributed by atoms with Gasteiger partial charge in [0.1, 0.15) is 0 Å². The highest BCUT2D eigenvalue weighted by Gasteiger charge is 2.10. The Balaban J connectivity index is 4.62. The standard InChI is InChI=1S/C9H10O5/c10-5-1-3-7(12)9(14)8(13)4-2-6-11/h1-6,10-13H. The van der Waals surface area contributed by atoms with Crippen molar-refractivity contribution < 1.29 is 25.2 Å². The van der Waals surface area contributed by atoms with Crippen LogP contribution < -0.4 is 0 Å². The van der Waals surface area contributed by atoms with Gasteiger partial charge in [0.2, 0.25) is 0 Å². The lowest BCUT2D eigenvalue weighted by Crippen LogP contribution is -2.04. The molecule has 0 radical (unpaired) electrons. The smallest absolute Gasteiger partial charge is 0.261 e. The van der Waals surface area contributed by atoms with Gasteiger partial charge in [-0.2, -0.15) is 0 Å². The van der Waals surface area contributed by atoms with Crippen LogP contribution >= 0.6 is 0 Å². The third-order valence-electron chi connectivity index (χ3n) is 1.15. The molecule has 14 heavy (non-hydrogen) atoms. The zero-order valence-corrected chi connectivity index (χ0v) is 7.16. The Hall–Kier alpha value is -2.17. The predicted molar refractivity (Wildman–Crippen MR) is 50.0 cm³/mol. The number of carbonyl (C=O) groups is 1. The van der Waals surface area contributed by atoms with Crippen molar-refractivity contribution in [3.05, 3.63) is 48.3 Å². The fourth-order valence-corrected chi connectivity index (χ4v) is 0.551. The van der Waals surface area contributed by atoms with Crippen LogP contribution in [0.4, 0.5) is 0 Å². The maximum atomic E-state index is 11.0. The van der Waals surface area contributed by atoms with Crippen molar-refractivity contribution in [3.8, 4) is 0 Å². The van der Waals surface area contributed by atoms with Crippen molar-refractivity contribution >= 4 is 5.78 Å². The topological polar surface area (TPSA) is 98.0 Å². The van der Waals surface area contributed by atoms with Crippen LogP contribution in [0.15, 0.2) is 48.3 Å². The van der Waals surface area contributed by atoms with Gasteiger partial charge in [-0.3, -0.25) is 4.79 Å². The van der Waals surface area contributed by atoms with Gasteiger partial charge in [-0.1, -0.05) is 0 Å². The first-order valence-corrected chi connectivity index (χ1v) is 3.58. The monoisotopic (exact) mass is 198 g/mol. The lowest BCUT2D eigenvalue weighted by atomic mass is 10.2. The minimum Gasteiger partial charge on any atom is -0.516 e. The fraction of sp³-hybridized carbons (Fsp3) is 0. The summed E-state index contributed by atoms with van der Waals surface area (Å²) < 4.78 is 0. The number of Topliss-reactive ketones (excluding diaryl/α,β-unsaturated/α-hetero) is 1. The summed E-state index contributed by atoms with van der Waals surface area (Å²) in [5, 5.41) is 34.4. The molecule has 0 unspecified atom stereocenters. The average Bonchev–Trinajstić information content (AvgIpc) is 2.21. The van der Waals surface area contributed by atoms with Gasteiger partial charge < -0.3 is 20.4 Å². The molecule has 5 heteroatoms. The van der Waals surface area contributed by atoms with Crippen LogP contribution in [0.2, 0.25) is 0 Å². The molecule has 76 valence electrons. The van der Waals surface area contributed by atoms with Crippen LogP contribution in [-0.2, 0) is 4.79 Å². The number of hydrogen-bond donors (Lipinski definition) is 4. The molecule has 0 aliphatic carbocycles. The predicted octanol–water partition coefficient (Wildman–Crippen LogP) is 1.58. The van der Waals surface area contributed by atoms with E-state index in [0.29, 0.717) is 12.5 Å². The Morgan fingerprint density at radius 1 is 0.857 bits per heavy atom. The SMILES string of the molecule is O=C(C(O)=CC=CO)C(O)=CC=CO. The first-order chi connectivity index (χ1) is 6.63. The fourth-order valence-electron chi connectivity index (χ4n) is 0.551. The number of hydrogen-bond acceptors (Lipinski definition) is 5. The molecule has 0 atom stereocenters. The highest BCUT2D eigenvalue weighted by Crippen LogP contribution is 2.00. The van der Waals surface area contributed by atoms with Gasteiger partial charge in [-0.15, -0.1) is 0 Å². The summed E-state index contributed by atoms with van der Waals surface area (Å²) >= 11 is 0. The van der Waals surface area contributed by atoms with Crippen LogP contribution in [-0.4, -0.2) is 26.2 Å². The summed E-state index contributed by atoms with van der Waals surface area (Å²) in [5.41, 5.74) is 0. The van der Waals surface area contributed by atoms with Gasteiger partial charge in [-0.25, -0.2) is 0 Å². The summed E-state index contributed by atoms with van der Waals surface area (Å²) in [6.07, 6.45) is 5.10. The molecule has 0 aromatic carbocycles. The maximum Gasteiger partial charge on any atom is 0.261 e. The molecule has 0 aromatic heterocycles. The van der Waals surface area contributed by atoms with Crippen LogP contribution in [0.3, 0.4) is 0 Å². The van der Waals surface area contributed by atoms with Gasteiger partial charge in [0, 0.05) is 0 Å². The first-order valence-electron chi connectivity index (χ1n) is 3.58. The molecule has 0 fully saturated rings. The first kappa shape index (κ1) is 11.8. The van der Waals surface area contributed by atoms with E-state index in [1.807, 2.05) is 0 Å². The highest BCUT2D eigenvalue weighted by atomic mass is 16.3.